The van der Waals surface area contributed by atoms with E-state index in [1.54, 1.807) is 11.3 Å². The van der Waals surface area contributed by atoms with Crippen molar-refractivity contribution in [2.45, 2.75) is 26.4 Å². The molecule has 23 heavy (non-hydrogen) atoms. The molecule has 0 spiro atoms. The van der Waals surface area contributed by atoms with Gasteiger partial charge in [0.1, 0.15) is 5.82 Å². The molecule has 0 unspecified atom stereocenters. The topological polar surface area (TPSA) is 63.1 Å². The number of thiophene rings is 1. The highest BCUT2D eigenvalue weighted by atomic mass is 32.1. The van der Waals surface area contributed by atoms with Gasteiger partial charge in [-0.05, 0) is 41.1 Å². The molecule has 1 saturated heterocycles. The number of carbonyl (C=O) groups is 1. The van der Waals surface area contributed by atoms with Crippen molar-refractivity contribution in [2.24, 2.45) is 11.8 Å². The van der Waals surface area contributed by atoms with Gasteiger partial charge >= 0.3 is 0 Å². The zero-order valence-electron chi connectivity index (χ0n) is 13.2. The molecule has 4 rings (SSSR count). The minimum atomic E-state index is -0.113. The number of fused-ring (bicyclic) bond motifs is 2. The first-order valence-corrected chi connectivity index (χ1v) is 9.12. The molecule has 6 nitrogen and oxygen atoms in total. The molecule has 1 N–H and O–H groups in total. The average Bonchev–Trinajstić information content (AvgIpc) is 3.23. The minimum absolute atomic E-state index is 0.113. The summed E-state index contributed by atoms with van der Waals surface area (Å²) in [5.74, 6) is 2.54. The number of amides is 1. The maximum atomic E-state index is 12.1. The van der Waals surface area contributed by atoms with Crippen molar-refractivity contribution < 1.29 is 4.79 Å². The van der Waals surface area contributed by atoms with Crippen LogP contribution in [-0.2, 0) is 19.5 Å². The van der Waals surface area contributed by atoms with Crippen LogP contribution in [-0.4, -0.2) is 45.2 Å². The third kappa shape index (κ3) is 2.79. The molecule has 0 aromatic carbocycles. The van der Waals surface area contributed by atoms with Gasteiger partial charge in [0.15, 0.2) is 0 Å². The summed E-state index contributed by atoms with van der Waals surface area (Å²) in [6.07, 6.45) is 0.928. The fourth-order valence-corrected chi connectivity index (χ4v) is 4.46. The third-order valence-corrected chi connectivity index (χ3v) is 5.60. The Morgan fingerprint density at radius 2 is 2.22 bits per heavy atom. The fourth-order valence-electron chi connectivity index (χ4n) is 3.80. The van der Waals surface area contributed by atoms with Crippen molar-refractivity contribution in [2.75, 3.05) is 19.6 Å². The van der Waals surface area contributed by atoms with E-state index in [2.05, 4.69) is 37.2 Å². The highest BCUT2D eigenvalue weighted by Gasteiger charge is 2.38. The van der Waals surface area contributed by atoms with E-state index in [0.29, 0.717) is 24.2 Å². The summed E-state index contributed by atoms with van der Waals surface area (Å²) >= 11 is 1.76. The van der Waals surface area contributed by atoms with Crippen molar-refractivity contribution in [3.05, 3.63) is 34.0 Å². The normalized spacial score (nSPS) is 23.5. The van der Waals surface area contributed by atoms with Crippen LogP contribution in [0.5, 0.6) is 0 Å². The van der Waals surface area contributed by atoms with Crippen LogP contribution >= 0.6 is 11.3 Å². The molecular weight excluding hydrogens is 310 g/mol. The van der Waals surface area contributed by atoms with Gasteiger partial charge in [-0.3, -0.25) is 9.69 Å². The second-order valence-electron chi connectivity index (χ2n) is 6.46. The molecule has 7 heteroatoms. The van der Waals surface area contributed by atoms with Crippen LogP contribution in [0.4, 0.5) is 0 Å². The van der Waals surface area contributed by atoms with Crippen LogP contribution < -0.4 is 5.32 Å². The summed E-state index contributed by atoms with van der Waals surface area (Å²) < 4.78 is 2.03. The van der Waals surface area contributed by atoms with Crippen molar-refractivity contribution in [1.29, 1.82) is 0 Å². The van der Waals surface area contributed by atoms with E-state index in [-0.39, 0.29) is 5.91 Å². The summed E-state index contributed by atoms with van der Waals surface area (Å²) in [5.41, 5.74) is 1.40. The van der Waals surface area contributed by atoms with Gasteiger partial charge in [0.05, 0.1) is 0 Å². The van der Waals surface area contributed by atoms with Crippen LogP contribution in [0, 0.1) is 11.8 Å². The maximum absolute atomic E-state index is 12.1. The van der Waals surface area contributed by atoms with E-state index in [1.165, 1.54) is 5.56 Å². The molecule has 1 amide bonds. The Kier molecular flexibility index (Phi) is 3.90. The lowest BCUT2D eigenvalue weighted by molar-refractivity contribution is 0.0937. The minimum Gasteiger partial charge on any atom is -0.350 e. The van der Waals surface area contributed by atoms with Crippen LogP contribution in [0.3, 0.4) is 0 Å². The molecular formula is C16H21N5OS. The maximum Gasteiger partial charge on any atom is 0.289 e. The zero-order chi connectivity index (χ0) is 15.8. The lowest BCUT2D eigenvalue weighted by atomic mass is 9.89. The number of nitrogens with one attached hydrogen (secondary N) is 1. The van der Waals surface area contributed by atoms with Crippen LogP contribution in [0.25, 0.3) is 0 Å². The third-order valence-electron chi connectivity index (χ3n) is 4.87. The predicted molar refractivity (Wildman–Crippen MR) is 88.3 cm³/mol. The average molecular weight is 331 g/mol. The Balaban J connectivity index is 1.47. The number of hydrogen-bond acceptors (Lipinski definition) is 5. The Bertz CT molecular complexity index is 695. The summed E-state index contributed by atoms with van der Waals surface area (Å²) in [6.45, 7) is 6.62. The Labute approximate surface area is 139 Å². The predicted octanol–water partition coefficient (Wildman–Crippen LogP) is 1.39. The van der Waals surface area contributed by atoms with E-state index in [9.17, 15) is 4.79 Å². The second kappa shape index (κ2) is 6.05. The van der Waals surface area contributed by atoms with Crippen LogP contribution in [0.2, 0.25) is 0 Å². The van der Waals surface area contributed by atoms with Crippen LogP contribution in [0.1, 0.15) is 28.9 Å². The molecule has 2 aromatic rings. The van der Waals surface area contributed by atoms with E-state index in [4.69, 9.17) is 0 Å². The van der Waals surface area contributed by atoms with Crippen molar-refractivity contribution in [1.82, 2.24) is 25.0 Å². The summed E-state index contributed by atoms with van der Waals surface area (Å²) in [6, 6.07) is 2.20. The van der Waals surface area contributed by atoms with Gasteiger partial charge in [-0.1, -0.05) is 0 Å². The molecule has 0 bridgehead atoms. The molecule has 2 aliphatic rings. The highest BCUT2D eigenvalue weighted by Crippen LogP contribution is 2.33. The quantitative estimate of drug-likeness (QED) is 0.920. The first kappa shape index (κ1) is 14.8. The molecule has 122 valence electrons. The second-order valence-corrected chi connectivity index (χ2v) is 7.24. The summed E-state index contributed by atoms with van der Waals surface area (Å²) in [5, 5.41) is 15.6. The monoisotopic (exact) mass is 331 g/mol. The number of rotatable bonds is 4. The zero-order valence-corrected chi connectivity index (χ0v) is 14.1. The van der Waals surface area contributed by atoms with E-state index in [0.717, 1.165) is 38.4 Å². The first-order valence-electron chi connectivity index (χ1n) is 8.18. The molecule has 0 saturated carbocycles. The van der Waals surface area contributed by atoms with Gasteiger partial charge < -0.3 is 9.88 Å². The van der Waals surface area contributed by atoms with Crippen LogP contribution in [0.15, 0.2) is 16.8 Å². The Morgan fingerprint density at radius 1 is 1.35 bits per heavy atom. The highest BCUT2D eigenvalue weighted by molar-refractivity contribution is 7.07. The molecule has 2 atom stereocenters. The van der Waals surface area contributed by atoms with Gasteiger partial charge in [0.25, 0.3) is 5.91 Å². The molecule has 0 radical (unpaired) electrons. The first-order chi connectivity index (χ1) is 11.2. The summed E-state index contributed by atoms with van der Waals surface area (Å²) in [7, 11) is 0. The number of carbonyl (C=O) groups excluding carboxylic acids is 1. The van der Waals surface area contributed by atoms with Gasteiger partial charge in [0, 0.05) is 39.1 Å². The van der Waals surface area contributed by atoms with Crippen molar-refractivity contribution in [3.8, 4) is 0 Å². The van der Waals surface area contributed by atoms with E-state index in [1.807, 2.05) is 11.5 Å². The molecule has 1 fully saturated rings. The Morgan fingerprint density at radius 3 is 3.00 bits per heavy atom. The molecule has 2 aromatic heterocycles. The lowest BCUT2D eigenvalue weighted by Crippen LogP contribution is -2.33. The number of likely N-dealkylation sites (tertiary alicyclic amines) is 1. The van der Waals surface area contributed by atoms with E-state index >= 15 is 0 Å². The molecule has 2 aliphatic heterocycles. The van der Waals surface area contributed by atoms with Gasteiger partial charge in [0.2, 0.25) is 5.82 Å². The number of nitrogens with zero attached hydrogens (tertiary/aromatic N) is 4. The van der Waals surface area contributed by atoms with Gasteiger partial charge in [-0.2, -0.15) is 11.3 Å². The Hall–Kier alpha value is -1.73. The van der Waals surface area contributed by atoms with Crippen molar-refractivity contribution >= 4 is 17.2 Å². The number of aromatic nitrogens is 3. The SMILES string of the molecule is CCNC(=O)c1nnc2n1C[C@H]1CN(Cc3ccsc3)C[C@H]1C2. The van der Waals surface area contributed by atoms with E-state index < -0.39 is 0 Å². The summed E-state index contributed by atoms with van der Waals surface area (Å²) in [4.78, 5) is 14.6. The smallest absolute Gasteiger partial charge is 0.289 e. The van der Waals surface area contributed by atoms with Crippen molar-refractivity contribution in [3.63, 3.8) is 0 Å². The van der Waals surface area contributed by atoms with Gasteiger partial charge in [-0.15, -0.1) is 10.2 Å². The molecule has 0 aliphatic carbocycles. The standard InChI is InChI=1S/C16H21N5OS/c1-2-17-16(22)15-19-18-14-5-12-7-20(6-11-3-4-23-10-11)8-13(12)9-21(14)15/h3-4,10,12-13H,2,5-9H2,1H3,(H,17,22)/t12-,13-/m1/s1. The lowest BCUT2D eigenvalue weighted by Gasteiger charge is -2.25. The number of hydrogen-bond donors (Lipinski definition) is 1. The van der Waals surface area contributed by atoms with Gasteiger partial charge in [-0.25, -0.2) is 0 Å². The largest absolute Gasteiger partial charge is 0.350 e. The molecule has 4 heterocycles. The fraction of sp³-hybridized carbons (Fsp3) is 0.562.